The van der Waals surface area contributed by atoms with Gasteiger partial charge in [0.1, 0.15) is 17.2 Å². The van der Waals surface area contributed by atoms with Crippen molar-refractivity contribution in [3.63, 3.8) is 0 Å². The lowest BCUT2D eigenvalue weighted by atomic mass is 10.1. The van der Waals surface area contributed by atoms with Crippen LogP contribution in [0.4, 0.5) is 10.2 Å². The molecule has 0 atom stereocenters. The van der Waals surface area contributed by atoms with Gasteiger partial charge in [-0.1, -0.05) is 0 Å². The number of pyridine rings is 1. The summed E-state index contributed by atoms with van der Waals surface area (Å²) in [4.78, 5) is 19.2. The first-order chi connectivity index (χ1) is 11.3. The van der Waals surface area contributed by atoms with Crippen LogP contribution in [0, 0.1) is 5.82 Å². The van der Waals surface area contributed by atoms with Crippen LogP contribution in [0.25, 0.3) is 10.9 Å². The maximum Gasteiger partial charge on any atom is 0.340 e. The number of hydrogen-bond donors (Lipinski definition) is 1. The summed E-state index contributed by atoms with van der Waals surface area (Å²) in [7, 11) is 0. The lowest BCUT2D eigenvalue weighted by Gasteiger charge is -2.28. The van der Waals surface area contributed by atoms with Crippen LogP contribution < -0.4 is 10.2 Å². The molecule has 24 heavy (non-hydrogen) atoms. The highest BCUT2D eigenvalue weighted by molar-refractivity contribution is 6.03. The molecule has 1 fully saturated rings. The van der Waals surface area contributed by atoms with Gasteiger partial charge in [-0.15, -0.1) is 0 Å². The quantitative estimate of drug-likeness (QED) is 0.858. The molecule has 1 aromatic carbocycles. The molecule has 6 heteroatoms. The van der Waals surface area contributed by atoms with Crippen molar-refractivity contribution in [3.8, 4) is 0 Å². The molecule has 1 N–H and O–H groups in total. The molecule has 0 unspecified atom stereocenters. The van der Waals surface area contributed by atoms with Crippen molar-refractivity contribution in [2.45, 2.75) is 26.4 Å². The number of esters is 1. The number of ether oxygens (including phenoxy) is 1. The van der Waals surface area contributed by atoms with Crippen LogP contribution in [-0.4, -0.2) is 42.7 Å². The summed E-state index contributed by atoms with van der Waals surface area (Å²) in [5.41, 5.74) is -0.00937. The fraction of sp³-hybridized carbons (Fsp3) is 0.444. The smallest absolute Gasteiger partial charge is 0.340 e. The monoisotopic (exact) mass is 331 g/mol. The number of fused-ring (bicyclic) bond motifs is 1. The van der Waals surface area contributed by atoms with E-state index in [2.05, 4.69) is 15.2 Å². The van der Waals surface area contributed by atoms with Gasteiger partial charge in [0.2, 0.25) is 0 Å². The minimum atomic E-state index is -0.647. The molecule has 5 nitrogen and oxygen atoms in total. The van der Waals surface area contributed by atoms with E-state index >= 15 is 0 Å². The highest BCUT2D eigenvalue weighted by Gasteiger charge is 2.22. The van der Waals surface area contributed by atoms with Gasteiger partial charge < -0.3 is 15.0 Å². The molecule has 1 aromatic heterocycles. The van der Waals surface area contributed by atoms with E-state index in [1.165, 1.54) is 12.1 Å². The van der Waals surface area contributed by atoms with Crippen LogP contribution >= 0.6 is 0 Å². The number of nitrogens with zero attached hydrogens (tertiary/aromatic N) is 2. The van der Waals surface area contributed by atoms with Crippen LogP contribution in [0.5, 0.6) is 0 Å². The topological polar surface area (TPSA) is 54.5 Å². The van der Waals surface area contributed by atoms with Crippen molar-refractivity contribution in [3.05, 3.63) is 35.6 Å². The van der Waals surface area contributed by atoms with Crippen LogP contribution in [0.2, 0.25) is 0 Å². The Hall–Kier alpha value is -2.21. The molecular formula is C18H22FN3O2. The maximum absolute atomic E-state index is 13.9. The van der Waals surface area contributed by atoms with Crippen molar-refractivity contribution >= 4 is 22.7 Å². The highest BCUT2D eigenvalue weighted by atomic mass is 19.1. The summed E-state index contributed by atoms with van der Waals surface area (Å²) in [6.07, 6.45) is 0. The number of anilines is 1. The Kier molecular flexibility index (Phi) is 4.41. The van der Waals surface area contributed by atoms with E-state index in [0.29, 0.717) is 10.9 Å². The van der Waals surface area contributed by atoms with Crippen LogP contribution in [-0.2, 0) is 4.74 Å². The van der Waals surface area contributed by atoms with Crippen LogP contribution in [0.1, 0.15) is 31.1 Å². The van der Waals surface area contributed by atoms with E-state index in [4.69, 9.17) is 4.74 Å². The summed E-state index contributed by atoms with van der Waals surface area (Å²) in [5.74, 6) is -0.238. The van der Waals surface area contributed by atoms with Gasteiger partial charge in [0, 0.05) is 31.6 Å². The first-order valence-electron chi connectivity index (χ1n) is 8.13. The van der Waals surface area contributed by atoms with Gasteiger partial charge in [0.05, 0.1) is 11.1 Å². The normalized spacial score (nSPS) is 15.6. The Balaban J connectivity index is 2.04. The molecule has 1 aliphatic rings. The molecule has 3 rings (SSSR count). The van der Waals surface area contributed by atoms with Crippen molar-refractivity contribution < 1.29 is 13.9 Å². The Morgan fingerprint density at radius 1 is 1.25 bits per heavy atom. The highest BCUT2D eigenvalue weighted by Crippen LogP contribution is 2.25. The third-order valence-electron chi connectivity index (χ3n) is 3.80. The number of piperazine rings is 1. The molecule has 2 heterocycles. The van der Waals surface area contributed by atoms with E-state index in [9.17, 15) is 9.18 Å². The van der Waals surface area contributed by atoms with Gasteiger partial charge in [0.15, 0.2) is 0 Å². The second-order valence-corrected chi connectivity index (χ2v) is 6.93. The number of hydrogen-bond acceptors (Lipinski definition) is 5. The largest absolute Gasteiger partial charge is 0.456 e. The molecule has 1 saturated heterocycles. The fourth-order valence-corrected chi connectivity index (χ4v) is 2.75. The van der Waals surface area contributed by atoms with Gasteiger partial charge in [0.25, 0.3) is 0 Å². The number of nitrogens with one attached hydrogen (secondary N) is 1. The summed E-state index contributed by atoms with van der Waals surface area (Å²) >= 11 is 0. The molecule has 0 amide bonds. The minimum absolute atomic E-state index is 0.164. The predicted octanol–water partition coefficient (Wildman–Crippen LogP) is 2.74. The Morgan fingerprint density at radius 2 is 1.96 bits per heavy atom. The second kappa shape index (κ2) is 6.36. The van der Waals surface area contributed by atoms with E-state index in [1.807, 2.05) is 6.07 Å². The Labute approximate surface area is 140 Å². The van der Waals surface area contributed by atoms with Gasteiger partial charge in [-0.05, 0) is 45.0 Å². The Morgan fingerprint density at radius 3 is 2.62 bits per heavy atom. The lowest BCUT2D eigenvalue weighted by Crippen LogP contribution is -2.43. The number of benzene rings is 1. The van der Waals surface area contributed by atoms with E-state index in [0.717, 1.165) is 32.0 Å². The standard InChI is InChI=1S/C18H22FN3O2/c1-18(2,3)24-17(23)14-11-13(19)10-12-4-5-15(21-16(12)14)22-8-6-20-7-9-22/h4-5,10-11,20H,6-9H2,1-3H3. The average Bonchev–Trinajstić information content (AvgIpc) is 2.53. The summed E-state index contributed by atoms with van der Waals surface area (Å²) < 4.78 is 19.3. The molecule has 2 aromatic rings. The van der Waals surface area contributed by atoms with Crippen molar-refractivity contribution in [1.29, 1.82) is 0 Å². The molecule has 128 valence electrons. The first kappa shape index (κ1) is 16.6. The molecule has 0 saturated carbocycles. The van der Waals surface area contributed by atoms with Gasteiger partial charge in [-0.25, -0.2) is 14.2 Å². The first-order valence-corrected chi connectivity index (χ1v) is 8.13. The summed E-state index contributed by atoms with van der Waals surface area (Å²) in [6, 6.07) is 6.26. The van der Waals surface area contributed by atoms with E-state index in [-0.39, 0.29) is 5.56 Å². The zero-order valence-electron chi connectivity index (χ0n) is 14.2. The number of halogens is 1. The molecule has 0 radical (unpaired) electrons. The third-order valence-corrected chi connectivity index (χ3v) is 3.80. The maximum atomic E-state index is 13.9. The Bertz CT molecular complexity index is 765. The van der Waals surface area contributed by atoms with Crippen molar-refractivity contribution in [1.82, 2.24) is 10.3 Å². The predicted molar refractivity (Wildman–Crippen MR) is 92.0 cm³/mol. The third kappa shape index (κ3) is 3.64. The number of carbonyl (C=O) groups excluding carboxylic acids is 1. The summed E-state index contributed by atoms with van der Waals surface area (Å²) in [6.45, 7) is 8.83. The van der Waals surface area contributed by atoms with Gasteiger partial charge in [-0.2, -0.15) is 0 Å². The zero-order valence-corrected chi connectivity index (χ0v) is 14.2. The average molecular weight is 331 g/mol. The number of rotatable bonds is 2. The summed E-state index contributed by atoms with van der Waals surface area (Å²) in [5, 5.41) is 3.88. The lowest BCUT2D eigenvalue weighted by molar-refractivity contribution is 0.00711. The van der Waals surface area contributed by atoms with Crippen molar-refractivity contribution in [2.75, 3.05) is 31.1 Å². The SMILES string of the molecule is CC(C)(C)OC(=O)c1cc(F)cc2ccc(N3CCNCC3)nc12. The minimum Gasteiger partial charge on any atom is -0.456 e. The van der Waals surface area contributed by atoms with Gasteiger partial charge in [-0.3, -0.25) is 0 Å². The fourth-order valence-electron chi connectivity index (χ4n) is 2.75. The zero-order chi connectivity index (χ0) is 17.3. The number of aromatic nitrogens is 1. The second-order valence-electron chi connectivity index (χ2n) is 6.93. The number of carbonyl (C=O) groups is 1. The van der Waals surface area contributed by atoms with Crippen LogP contribution in [0.15, 0.2) is 24.3 Å². The molecular weight excluding hydrogens is 309 g/mol. The van der Waals surface area contributed by atoms with Crippen molar-refractivity contribution in [2.24, 2.45) is 0 Å². The van der Waals surface area contributed by atoms with Gasteiger partial charge >= 0.3 is 5.97 Å². The van der Waals surface area contributed by atoms with E-state index in [1.54, 1.807) is 26.8 Å². The van der Waals surface area contributed by atoms with E-state index < -0.39 is 17.4 Å². The molecule has 1 aliphatic heterocycles. The molecule has 0 bridgehead atoms. The van der Waals surface area contributed by atoms with Crippen LogP contribution in [0.3, 0.4) is 0 Å². The molecule has 0 spiro atoms. The molecule has 0 aliphatic carbocycles.